The van der Waals surface area contributed by atoms with Crippen LogP contribution in [0.4, 0.5) is 0 Å². The molecule has 0 aliphatic carbocycles. The van der Waals surface area contributed by atoms with Gasteiger partial charge in [-0.1, -0.05) is 18.2 Å². The molecule has 4 rings (SSSR count). The zero-order chi connectivity index (χ0) is 18.6. The molecule has 2 amide bonds. The van der Waals surface area contributed by atoms with Crippen LogP contribution in [0.15, 0.2) is 24.3 Å². The Hall–Kier alpha value is -2.45. The Balaban J connectivity index is 1.24. The molecular weight excluding hydrogens is 344 g/mol. The predicted octanol–water partition coefficient (Wildman–Crippen LogP) is 0.189. The van der Waals surface area contributed by atoms with Crippen LogP contribution in [0.3, 0.4) is 0 Å². The van der Waals surface area contributed by atoms with Crippen molar-refractivity contribution in [2.24, 2.45) is 0 Å². The molecular formula is C19H26N6O2. The van der Waals surface area contributed by atoms with Gasteiger partial charge in [0.1, 0.15) is 0 Å². The van der Waals surface area contributed by atoms with Crippen LogP contribution in [0.5, 0.6) is 0 Å². The molecule has 8 heteroatoms. The van der Waals surface area contributed by atoms with E-state index in [0.29, 0.717) is 24.7 Å². The predicted molar refractivity (Wildman–Crippen MR) is 102 cm³/mol. The van der Waals surface area contributed by atoms with Crippen molar-refractivity contribution in [3.8, 4) is 0 Å². The van der Waals surface area contributed by atoms with Gasteiger partial charge in [-0.25, -0.2) is 0 Å². The van der Waals surface area contributed by atoms with Gasteiger partial charge in [0.15, 0.2) is 5.69 Å². The van der Waals surface area contributed by atoms with E-state index in [2.05, 4.69) is 25.7 Å². The molecule has 0 saturated carbocycles. The third-order valence-electron chi connectivity index (χ3n) is 5.49. The van der Waals surface area contributed by atoms with E-state index < -0.39 is 0 Å². The Labute approximate surface area is 158 Å². The summed E-state index contributed by atoms with van der Waals surface area (Å²) in [5, 5.41) is 13.9. The maximum Gasteiger partial charge on any atom is 0.272 e. The molecule has 1 atom stereocenters. The number of aromatic nitrogens is 2. The zero-order valence-corrected chi connectivity index (χ0v) is 15.4. The van der Waals surface area contributed by atoms with Crippen LogP contribution >= 0.6 is 0 Å². The lowest BCUT2D eigenvalue weighted by molar-refractivity contribution is -0.130. The first kappa shape index (κ1) is 17.9. The molecule has 2 aliphatic rings. The van der Waals surface area contributed by atoms with Gasteiger partial charge >= 0.3 is 0 Å². The van der Waals surface area contributed by atoms with Gasteiger partial charge < -0.3 is 15.5 Å². The normalized spacial score (nSPS) is 20.9. The first-order chi connectivity index (χ1) is 13.2. The number of nitrogens with zero attached hydrogens (tertiary/aromatic N) is 3. The molecule has 1 aromatic carbocycles. The van der Waals surface area contributed by atoms with E-state index >= 15 is 0 Å². The molecule has 3 heterocycles. The molecule has 1 unspecified atom stereocenters. The standard InChI is InChI=1S/C19H26N6O2/c26-17(25-10-6-14(13-25)24-11-8-20-9-12-24)5-7-21-19(27)18-15-3-1-2-4-16(15)22-23-18/h1-4,14,20H,5-13H2,(H,21,27)(H,22,23). The number of likely N-dealkylation sites (tertiary alicyclic amines) is 1. The Morgan fingerprint density at radius 1 is 1.19 bits per heavy atom. The van der Waals surface area contributed by atoms with E-state index in [1.165, 1.54) is 0 Å². The summed E-state index contributed by atoms with van der Waals surface area (Å²) in [6.07, 6.45) is 1.36. The van der Waals surface area contributed by atoms with Crippen LogP contribution in [-0.2, 0) is 4.79 Å². The molecule has 0 radical (unpaired) electrons. The smallest absolute Gasteiger partial charge is 0.272 e. The van der Waals surface area contributed by atoms with Crippen molar-refractivity contribution in [2.45, 2.75) is 18.9 Å². The quantitative estimate of drug-likeness (QED) is 0.699. The second-order valence-electron chi connectivity index (χ2n) is 7.19. The van der Waals surface area contributed by atoms with Crippen molar-refractivity contribution in [3.63, 3.8) is 0 Å². The number of rotatable bonds is 5. The van der Waals surface area contributed by atoms with Gasteiger partial charge in [-0.3, -0.25) is 19.6 Å². The number of para-hydroxylation sites is 1. The molecule has 144 valence electrons. The van der Waals surface area contributed by atoms with Crippen molar-refractivity contribution in [3.05, 3.63) is 30.0 Å². The lowest BCUT2D eigenvalue weighted by Crippen LogP contribution is -2.49. The number of amides is 2. The van der Waals surface area contributed by atoms with Crippen LogP contribution in [0, 0.1) is 0 Å². The molecule has 2 fully saturated rings. The third kappa shape index (κ3) is 3.96. The number of aromatic amines is 1. The van der Waals surface area contributed by atoms with Crippen molar-refractivity contribution in [1.29, 1.82) is 0 Å². The number of hydrogen-bond acceptors (Lipinski definition) is 5. The summed E-state index contributed by atoms with van der Waals surface area (Å²) < 4.78 is 0. The van der Waals surface area contributed by atoms with Crippen LogP contribution in [0.2, 0.25) is 0 Å². The van der Waals surface area contributed by atoms with Crippen LogP contribution < -0.4 is 10.6 Å². The maximum absolute atomic E-state index is 12.5. The second-order valence-corrected chi connectivity index (χ2v) is 7.19. The van der Waals surface area contributed by atoms with Gasteiger partial charge in [-0.15, -0.1) is 0 Å². The molecule has 27 heavy (non-hydrogen) atoms. The van der Waals surface area contributed by atoms with Crippen molar-refractivity contribution < 1.29 is 9.59 Å². The van der Waals surface area contributed by atoms with Crippen molar-refractivity contribution in [1.82, 2.24) is 30.6 Å². The molecule has 2 aromatic rings. The van der Waals surface area contributed by atoms with E-state index in [1.54, 1.807) is 0 Å². The number of piperazine rings is 1. The first-order valence-electron chi connectivity index (χ1n) is 9.66. The number of carbonyl (C=O) groups excluding carboxylic acids is 2. The summed E-state index contributed by atoms with van der Waals surface area (Å²) >= 11 is 0. The topological polar surface area (TPSA) is 93.4 Å². The fourth-order valence-corrected chi connectivity index (χ4v) is 3.98. The zero-order valence-electron chi connectivity index (χ0n) is 15.4. The maximum atomic E-state index is 12.5. The minimum Gasteiger partial charge on any atom is -0.350 e. The monoisotopic (exact) mass is 370 g/mol. The summed E-state index contributed by atoms with van der Waals surface area (Å²) in [6.45, 7) is 6.10. The minimum absolute atomic E-state index is 0.111. The van der Waals surface area contributed by atoms with Gasteiger partial charge in [-0.2, -0.15) is 5.10 Å². The van der Waals surface area contributed by atoms with Gasteiger partial charge in [0.25, 0.3) is 5.91 Å². The molecule has 2 saturated heterocycles. The lowest BCUT2D eigenvalue weighted by Gasteiger charge is -2.32. The van der Waals surface area contributed by atoms with E-state index in [0.717, 1.165) is 56.6 Å². The number of hydrogen-bond donors (Lipinski definition) is 3. The van der Waals surface area contributed by atoms with E-state index in [-0.39, 0.29) is 11.8 Å². The van der Waals surface area contributed by atoms with Crippen LogP contribution in [0.25, 0.3) is 10.9 Å². The summed E-state index contributed by atoms with van der Waals surface area (Å²) in [7, 11) is 0. The highest BCUT2D eigenvalue weighted by atomic mass is 16.2. The molecule has 8 nitrogen and oxygen atoms in total. The van der Waals surface area contributed by atoms with Crippen LogP contribution in [0.1, 0.15) is 23.3 Å². The third-order valence-corrected chi connectivity index (χ3v) is 5.49. The fraction of sp³-hybridized carbons (Fsp3) is 0.526. The van der Waals surface area contributed by atoms with Crippen molar-refractivity contribution in [2.75, 3.05) is 45.8 Å². The first-order valence-corrected chi connectivity index (χ1v) is 9.66. The Morgan fingerprint density at radius 3 is 2.85 bits per heavy atom. The molecule has 3 N–H and O–H groups in total. The lowest BCUT2D eigenvalue weighted by atomic mass is 10.2. The van der Waals surface area contributed by atoms with Gasteiger partial charge in [0, 0.05) is 63.7 Å². The number of nitrogens with one attached hydrogen (secondary N) is 3. The Kier molecular flexibility index (Phi) is 5.35. The Bertz CT molecular complexity index is 813. The van der Waals surface area contributed by atoms with E-state index in [9.17, 15) is 9.59 Å². The molecule has 1 aromatic heterocycles. The Morgan fingerprint density at radius 2 is 2.00 bits per heavy atom. The van der Waals surface area contributed by atoms with Gasteiger partial charge in [-0.05, 0) is 12.5 Å². The largest absolute Gasteiger partial charge is 0.350 e. The van der Waals surface area contributed by atoms with Gasteiger partial charge in [0.05, 0.1) is 5.52 Å². The fourth-order valence-electron chi connectivity index (χ4n) is 3.98. The number of H-pyrrole nitrogens is 1. The highest BCUT2D eigenvalue weighted by Gasteiger charge is 2.30. The molecule has 2 aliphatic heterocycles. The highest BCUT2D eigenvalue weighted by molar-refractivity contribution is 6.04. The number of carbonyl (C=O) groups is 2. The average molecular weight is 370 g/mol. The number of benzene rings is 1. The SMILES string of the molecule is O=C(NCCC(=O)N1CCC(N2CCNCC2)C1)c1n[nH]c2ccccc12. The summed E-state index contributed by atoms with van der Waals surface area (Å²) in [5.74, 6) is -0.139. The summed E-state index contributed by atoms with van der Waals surface area (Å²) in [5.41, 5.74) is 1.20. The number of fused-ring (bicyclic) bond motifs is 1. The highest BCUT2D eigenvalue weighted by Crippen LogP contribution is 2.17. The van der Waals surface area contributed by atoms with E-state index in [1.807, 2.05) is 29.2 Å². The molecule has 0 bridgehead atoms. The second kappa shape index (κ2) is 8.06. The van der Waals surface area contributed by atoms with Crippen molar-refractivity contribution >= 4 is 22.7 Å². The van der Waals surface area contributed by atoms with Crippen LogP contribution in [-0.4, -0.2) is 83.7 Å². The minimum atomic E-state index is -0.250. The molecule has 0 spiro atoms. The van der Waals surface area contributed by atoms with Gasteiger partial charge in [0.2, 0.25) is 5.91 Å². The summed E-state index contributed by atoms with van der Waals surface area (Å²) in [6, 6.07) is 7.98. The van der Waals surface area contributed by atoms with E-state index in [4.69, 9.17) is 0 Å². The summed E-state index contributed by atoms with van der Waals surface area (Å²) in [4.78, 5) is 29.2. The average Bonchev–Trinajstić information content (AvgIpc) is 3.36.